The zero-order valence-corrected chi connectivity index (χ0v) is 13.0. The third kappa shape index (κ3) is 2.73. The molecule has 1 fully saturated rings. The number of rotatable bonds is 2. The van der Waals surface area contributed by atoms with Crippen LogP contribution >= 0.6 is 0 Å². The smallest absolute Gasteiger partial charge is 0.257 e. The number of piperidine rings is 1. The predicted molar refractivity (Wildman–Crippen MR) is 79.7 cm³/mol. The molecule has 0 radical (unpaired) electrons. The Kier molecular flexibility index (Phi) is 4.18. The number of likely N-dealkylation sites (tertiary alicyclic amines) is 1. The highest BCUT2D eigenvalue weighted by Gasteiger charge is 2.29. The number of nitrogens with two attached hydrogens (primary N) is 1. The fraction of sp³-hybridized carbons (Fsp3) is 0.733. The minimum absolute atomic E-state index is 0.0770. The molecule has 2 heterocycles. The minimum atomic E-state index is -0.113. The summed E-state index contributed by atoms with van der Waals surface area (Å²) in [6, 6.07) is 0.175. The molecular weight excluding hydrogens is 252 g/mol. The second-order valence-electron chi connectivity index (χ2n) is 6.61. The normalized spacial score (nSPS) is 20.2. The van der Waals surface area contributed by atoms with E-state index in [0.29, 0.717) is 12.1 Å². The van der Waals surface area contributed by atoms with Crippen LogP contribution in [0, 0.1) is 6.92 Å². The van der Waals surface area contributed by atoms with Crippen molar-refractivity contribution in [3.05, 3.63) is 17.5 Å². The summed E-state index contributed by atoms with van der Waals surface area (Å²) in [6.07, 6.45) is 4.93. The van der Waals surface area contributed by atoms with Gasteiger partial charge >= 0.3 is 0 Å². The van der Waals surface area contributed by atoms with Gasteiger partial charge < -0.3 is 10.6 Å². The molecule has 1 amide bonds. The lowest BCUT2D eigenvalue weighted by Gasteiger charge is -2.35. The average molecular weight is 278 g/mol. The standard InChI is InChI=1S/C15H26N4O/c1-11-13(10-17-19(11)15(2,3)4)14(20)18-8-6-5-7-12(18)9-16/h10,12H,5-9,16H2,1-4H3. The molecule has 0 aliphatic carbocycles. The Bertz CT molecular complexity index is 487. The molecule has 1 aliphatic rings. The van der Waals surface area contributed by atoms with E-state index in [4.69, 9.17) is 5.73 Å². The van der Waals surface area contributed by atoms with Crippen LogP contribution in [0.3, 0.4) is 0 Å². The molecule has 1 aromatic heterocycles. The van der Waals surface area contributed by atoms with Crippen LogP contribution in [0.4, 0.5) is 0 Å². The van der Waals surface area contributed by atoms with Crippen molar-refractivity contribution < 1.29 is 4.79 Å². The monoisotopic (exact) mass is 278 g/mol. The summed E-state index contributed by atoms with van der Waals surface area (Å²) in [5, 5.41) is 4.39. The third-order valence-corrected chi connectivity index (χ3v) is 4.04. The van der Waals surface area contributed by atoms with Gasteiger partial charge in [0, 0.05) is 24.8 Å². The second kappa shape index (κ2) is 5.56. The van der Waals surface area contributed by atoms with Gasteiger partial charge in [-0.05, 0) is 47.0 Å². The van der Waals surface area contributed by atoms with Crippen LogP contribution in [0.15, 0.2) is 6.20 Å². The molecule has 0 aromatic carbocycles. The second-order valence-corrected chi connectivity index (χ2v) is 6.61. The summed E-state index contributed by atoms with van der Waals surface area (Å²) in [5.74, 6) is 0.0770. The van der Waals surface area contributed by atoms with Crippen LogP contribution in [0.2, 0.25) is 0 Å². The molecule has 1 unspecified atom stereocenters. The molecule has 2 rings (SSSR count). The molecule has 0 saturated carbocycles. The molecule has 1 saturated heterocycles. The Morgan fingerprint density at radius 3 is 2.70 bits per heavy atom. The lowest BCUT2D eigenvalue weighted by molar-refractivity contribution is 0.0622. The van der Waals surface area contributed by atoms with E-state index in [1.54, 1.807) is 6.20 Å². The van der Waals surface area contributed by atoms with Crippen molar-refractivity contribution in [2.75, 3.05) is 13.1 Å². The molecule has 112 valence electrons. The summed E-state index contributed by atoms with van der Waals surface area (Å²) in [6.45, 7) is 9.58. The number of carbonyl (C=O) groups excluding carboxylic acids is 1. The van der Waals surface area contributed by atoms with Gasteiger partial charge in [0.1, 0.15) is 0 Å². The molecule has 1 aliphatic heterocycles. The van der Waals surface area contributed by atoms with Gasteiger partial charge in [0.05, 0.1) is 17.3 Å². The maximum absolute atomic E-state index is 12.7. The van der Waals surface area contributed by atoms with Gasteiger partial charge in [0.25, 0.3) is 5.91 Å². The molecule has 0 bridgehead atoms. The van der Waals surface area contributed by atoms with E-state index in [1.165, 1.54) is 0 Å². The van der Waals surface area contributed by atoms with Gasteiger partial charge in [-0.2, -0.15) is 5.10 Å². The van der Waals surface area contributed by atoms with Crippen molar-refractivity contribution in [2.45, 2.75) is 58.5 Å². The van der Waals surface area contributed by atoms with Gasteiger partial charge in [0.15, 0.2) is 0 Å². The SMILES string of the molecule is Cc1c(C(=O)N2CCCCC2CN)cnn1C(C)(C)C. The van der Waals surface area contributed by atoms with Gasteiger partial charge in [-0.25, -0.2) is 0 Å². The van der Waals surface area contributed by atoms with Crippen molar-refractivity contribution in [3.63, 3.8) is 0 Å². The first-order valence-electron chi connectivity index (χ1n) is 7.42. The molecule has 0 spiro atoms. The van der Waals surface area contributed by atoms with Gasteiger partial charge in [-0.15, -0.1) is 0 Å². The van der Waals surface area contributed by atoms with Crippen molar-refractivity contribution in [2.24, 2.45) is 5.73 Å². The maximum atomic E-state index is 12.7. The average Bonchev–Trinajstić information content (AvgIpc) is 2.79. The highest BCUT2D eigenvalue weighted by molar-refractivity contribution is 5.95. The van der Waals surface area contributed by atoms with E-state index in [9.17, 15) is 4.79 Å². The lowest BCUT2D eigenvalue weighted by atomic mass is 10.0. The van der Waals surface area contributed by atoms with Crippen molar-refractivity contribution in [1.29, 1.82) is 0 Å². The van der Waals surface area contributed by atoms with Crippen molar-refractivity contribution >= 4 is 5.91 Å². The van der Waals surface area contributed by atoms with Crippen LogP contribution in [0.25, 0.3) is 0 Å². The Hall–Kier alpha value is -1.36. The van der Waals surface area contributed by atoms with Gasteiger partial charge in [-0.3, -0.25) is 9.48 Å². The fourth-order valence-corrected chi connectivity index (χ4v) is 2.96. The largest absolute Gasteiger partial charge is 0.334 e. The van der Waals surface area contributed by atoms with Gasteiger partial charge in [-0.1, -0.05) is 0 Å². The van der Waals surface area contributed by atoms with Gasteiger partial charge in [0.2, 0.25) is 0 Å². The fourth-order valence-electron chi connectivity index (χ4n) is 2.96. The zero-order chi connectivity index (χ0) is 14.9. The van der Waals surface area contributed by atoms with E-state index >= 15 is 0 Å². The first-order chi connectivity index (χ1) is 9.36. The number of nitrogens with zero attached hydrogens (tertiary/aromatic N) is 3. The summed E-state index contributed by atoms with van der Waals surface area (Å²) in [4.78, 5) is 14.7. The van der Waals surface area contributed by atoms with Crippen molar-refractivity contribution in [3.8, 4) is 0 Å². The van der Waals surface area contributed by atoms with Crippen LogP contribution in [-0.2, 0) is 5.54 Å². The van der Waals surface area contributed by atoms with Crippen molar-refractivity contribution in [1.82, 2.24) is 14.7 Å². The number of hydrogen-bond donors (Lipinski definition) is 1. The minimum Gasteiger partial charge on any atom is -0.334 e. The van der Waals surface area contributed by atoms with E-state index in [2.05, 4.69) is 25.9 Å². The molecule has 1 atom stereocenters. The quantitative estimate of drug-likeness (QED) is 0.898. The third-order valence-electron chi connectivity index (χ3n) is 4.04. The maximum Gasteiger partial charge on any atom is 0.257 e. The number of amides is 1. The topological polar surface area (TPSA) is 64.2 Å². The molecular formula is C15H26N4O. The first-order valence-corrected chi connectivity index (χ1v) is 7.42. The van der Waals surface area contributed by atoms with E-state index in [0.717, 1.165) is 31.5 Å². The number of carbonyl (C=O) groups is 1. The van der Waals surface area contributed by atoms with Crippen LogP contribution in [-0.4, -0.2) is 39.7 Å². The summed E-state index contributed by atoms with van der Waals surface area (Å²) >= 11 is 0. The summed E-state index contributed by atoms with van der Waals surface area (Å²) < 4.78 is 1.92. The highest BCUT2D eigenvalue weighted by Crippen LogP contribution is 2.23. The molecule has 20 heavy (non-hydrogen) atoms. The van der Waals surface area contributed by atoms with Crippen LogP contribution in [0.5, 0.6) is 0 Å². The summed E-state index contributed by atoms with van der Waals surface area (Å²) in [5.41, 5.74) is 7.34. The first kappa shape index (κ1) is 15.0. The predicted octanol–water partition coefficient (Wildman–Crippen LogP) is 1.90. The van der Waals surface area contributed by atoms with E-state index < -0.39 is 0 Å². The highest BCUT2D eigenvalue weighted by atomic mass is 16.2. The Labute approximate surface area is 121 Å². The molecule has 2 N–H and O–H groups in total. The van der Waals surface area contributed by atoms with E-state index in [1.807, 2.05) is 16.5 Å². The molecule has 5 nitrogen and oxygen atoms in total. The Balaban J connectivity index is 2.27. The molecule has 1 aromatic rings. The Morgan fingerprint density at radius 2 is 2.15 bits per heavy atom. The molecule has 5 heteroatoms. The van der Waals surface area contributed by atoms with Crippen LogP contribution in [0.1, 0.15) is 56.1 Å². The number of hydrogen-bond acceptors (Lipinski definition) is 3. The lowest BCUT2D eigenvalue weighted by Crippen LogP contribution is -2.47. The zero-order valence-electron chi connectivity index (χ0n) is 13.0. The van der Waals surface area contributed by atoms with Crippen LogP contribution < -0.4 is 5.73 Å². The summed E-state index contributed by atoms with van der Waals surface area (Å²) in [7, 11) is 0. The van der Waals surface area contributed by atoms with E-state index in [-0.39, 0.29) is 17.5 Å². The Morgan fingerprint density at radius 1 is 1.45 bits per heavy atom. The number of aromatic nitrogens is 2.